The molecule has 0 bridgehead atoms. The van der Waals surface area contributed by atoms with Crippen LogP contribution in [-0.4, -0.2) is 38.4 Å². The highest BCUT2D eigenvalue weighted by molar-refractivity contribution is 5.81. The van der Waals surface area contributed by atoms with Crippen molar-refractivity contribution >= 4 is 5.78 Å². The van der Waals surface area contributed by atoms with Gasteiger partial charge in [0, 0.05) is 30.1 Å². The van der Waals surface area contributed by atoms with E-state index in [4.69, 9.17) is 0 Å². The number of hydrogen-bond donors (Lipinski definition) is 3. The molecule has 0 heterocycles. The Labute approximate surface area is 194 Å². The van der Waals surface area contributed by atoms with Crippen LogP contribution in [0.15, 0.2) is 12.2 Å². The molecule has 32 heavy (non-hydrogen) atoms. The number of rotatable bonds is 5. The summed E-state index contributed by atoms with van der Waals surface area (Å²) in [6, 6.07) is 0. The summed E-state index contributed by atoms with van der Waals surface area (Å²) in [5.74, 6) is 1.72. The SMILES string of the molecule is CC(C)C(C)CC(=O)C(C)C1CCC2C3(O)C=CC4(O)CC(O)CCC4(C)C3CCC12C. The average molecular weight is 447 g/mol. The Morgan fingerprint density at radius 1 is 0.969 bits per heavy atom. The van der Waals surface area contributed by atoms with Crippen LogP contribution in [0.5, 0.6) is 0 Å². The highest BCUT2D eigenvalue weighted by Crippen LogP contribution is 2.68. The van der Waals surface area contributed by atoms with Gasteiger partial charge in [-0.05, 0) is 67.6 Å². The smallest absolute Gasteiger partial charge is 0.136 e. The first-order valence-corrected chi connectivity index (χ1v) is 13.1. The number of hydrogen-bond acceptors (Lipinski definition) is 4. The van der Waals surface area contributed by atoms with Gasteiger partial charge in [0.05, 0.1) is 17.3 Å². The fraction of sp³-hybridized carbons (Fsp3) is 0.893. The molecule has 10 atom stereocenters. The molecule has 0 aliphatic heterocycles. The van der Waals surface area contributed by atoms with Gasteiger partial charge in [-0.2, -0.15) is 0 Å². The van der Waals surface area contributed by atoms with Crippen LogP contribution in [0.2, 0.25) is 0 Å². The predicted octanol–water partition coefficient (Wildman–Crippen LogP) is 4.90. The van der Waals surface area contributed by atoms with Gasteiger partial charge in [0.25, 0.3) is 0 Å². The Morgan fingerprint density at radius 3 is 2.31 bits per heavy atom. The van der Waals surface area contributed by atoms with Crippen LogP contribution in [0.3, 0.4) is 0 Å². The number of ketones is 1. The first-order chi connectivity index (χ1) is 14.8. The molecule has 0 spiro atoms. The Bertz CT molecular complexity index is 775. The Morgan fingerprint density at radius 2 is 1.66 bits per heavy atom. The molecule has 0 aromatic carbocycles. The lowest BCUT2D eigenvalue weighted by Gasteiger charge is -2.64. The van der Waals surface area contributed by atoms with Crippen molar-refractivity contribution in [3.63, 3.8) is 0 Å². The first kappa shape index (κ1) is 24.4. The number of aliphatic hydroxyl groups is 3. The van der Waals surface area contributed by atoms with Gasteiger partial charge in [-0.15, -0.1) is 0 Å². The van der Waals surface area contributed by atoms with Crippen molar-refractivity contribution in [2.24, 2.45) is 46.3 Å². The number of fused-ring (bicyclic) bond motifs is 5. The van der Waals surface area contributed by atoms with E-state index in [0.717, 1.165) is 32.1 Å². The fourth-order valence-electron chi connectivity index (χ4n) is 8.54. The van der Waals surface area contributed by atoms with Gasteiger partial charge < -0.3 is 15.3 Å². The molecule has 4 aliphatic carbocycles. The molecule has 3 N–H and O–H groups in total. The molecule has 0 amide bonds. The lowest BCUT2D eigenvalue weighted by molar-refractivity contribution is -0.220. The van der Waals surface area contributed by atoms with Crippen molar-refractivity contribution < 1.29 is 20.1 Å². The number of carbonyl (C=O) groups excluding carboxylic acids is 1. The number of aliphatic hydroxyl groups excluding tert-OH is 1. The van der Waals surface area contributed by atoms with Crippen LogP contribution in [-0.2, 0) is 4.79 Å². The summed E-state index contributed by atoms with van der Waals surface area (Å²) in [5.41, 5.74) is -2.49. The lowest BCUT2D eigenvalue weighted by atomic mass is 9.43. The Kier molecular flexibility index (Phi) is 6.04. The van der Waals surface area contributed by atoms with Crippen molar-refractivity contribution in [2.45, 2.75) is 110 Å². The van der Waals surface area contributed by atoms with Crippen LogP contribution < -0.4 is 0 Å². The van der Waals surface area contributed by atoms with E-state index in [0.29, 0.717) is 42.8 Å². The van der Waals surface area contributed by atoms with E-state index in [9.17, 15) is 20.1 Å². The second kappa shape index (κ2) is 7.92. The summed E-state index contributed by atoms with van der Waals surface area (Å²) in [7, 11) is 0. The second-order valence-electron chi connectivity index (χ2n) is 13.0. The average Bonchev–Trinajstić information content (AvgIpc) is 3.07. The molecule has 182 valence electrons. The minimum Gasteiger partial charge on any atom is -0.393 e. The summed E-state index contributed by atoms with van der Waals surface area (Å²) in [6.07, 6.45) is 9.46. The zero-order valence-corrected chi connectivity index (χ0v) is 21.1. The normalized spacial score (nSPS) is 49.8. The minimum absolute atomic E-state index is 0.0127. The van der Waals surface area contributed by atoms with Crippen LogP contribution >= 0.6 is 0 Å². The van der Waals surface area contributed by atoms with Crippen molar-refractivity contribution in [1.29, 1.82) is 0 Å². The predicted molar refractivity (Wildman–Crippen MR) is 127 cm³/mol. The van der Waals surface area contributed by atoms with Crippen molar-refractivity contribution in [2.75, 3.05) is 0 Å². The van der Waals surface area contributed by atoms with E-state index < -0.39 is 22.7 Å². The number of carbonyl (C=O) groups is 1. The summed E-state index contributed by atoms with van der Waals surface area (Å²) in [6.45, 7) is 13.1. The Balaban J connectivity index is 1.61. The van der Waals surface area contributed by atoms with E-state index in [1.807, 2.05) is 12.2 Å². The van der Waals surface area contributed by atoms with E-state index in [-0.39, 0.29) is 23.2 Å². The molecule has 0 saturated heterocycles. The second-order valence-corrected chi connectivity index (χ2v) is 13.0. The van der Waals surface area contributed by atoms with E-state index in [1.165, 1.54) is 0 Å². The molecule has 4 aliphatic rings. The van der Waals surface area contributed by atoms with Crippen LogP contribution in [0.4, 0.5) is 0 Å². The maximum atomic E-state index is 13.2. The van der Waals surface area contributed by atoms with Crippen molar-refractivity contribution in [1.82, 2.24) is 0 Å². The standard InChI is InChI=1S/C28H46O4/c1-17(2)18(3)15-22(30)19(4)21-7-8-23-25(21,5)11-10-24-26(6)12-9-20(29)16-27(26,31)13-14-28(23,24)32/h13-14,17-21,23-24,29,31-32H,7-12,15-16H2,1-6H3. The third kappa shape index (κ3) is 3.38. The van der Waals surface area contributed by atoms with E-state index in [2.05, 4.69) is 41.5 Å². The zero-order chi connectivity index (χ0) is 23.7. The van der Waals surface area contributed by atoms with Gasteiger partial charge in [-0.3, -0.25) is 4.79 Å². The zero-order valence-electron chi connectivity index (χ0n) is 21.1. The molecule has 0 aromatic heterocycles. The Hall–Kier alpha value is -0.710. The van der Waals surface area contributed by atoms with Crippen molar-refractivity contribution in [3.8, 4) is 0 Å². The third-order valence-corrected chi connectivity index (χ3v) is 11.2. The molecule has 3 saturated carbocycles. The van der Waals surface area contributed by atoms with Crippen molar-refractivity contribution in [3.05, 3.63) is 12.2 Å². The van der Waals surface area contributed by atoms with Gasteiger partial charge in [0.15, 0.2) is 0 Å². The molecule has 10 unspecified atom stereocenters. The van der Waals surface area contributed by atoms with Crippen LogP contribution in [0.25, 0.3) is 0 Å². The molecule has 4 nitrogen and oxygen atoms in total. The molecular weight excluding hydrogens is 400 g/mol. The van der Waals surface area contributed by atoms with Crippen LogP contribution in [0, 0.1) is 46.3 Å². The molecular formula is C28H46O4. The van der Waals surface area contributed by atoms with Gasteiger partial charge in [0.2, 0.25) is 0 Å². The molecule has 0 aromatic rings. The quantitative estimate of drug-likeness (QED) is 0.525. The largest absolute Gasteiger partial charge is 0.393 e. The topological polar surface area (TPSA) is 77.8 Å². The highest BCUT2D eigenvalue weighted by Gasteiger charge is 2.68. The summed E-state index contributed by atoms with van der Waals surface area (Å²) >= 11 is 0. The van der Waals surface area contributed by atoms with E-state index >= 15 is 0 Å². The van der Waals surface area contributed by atoms with Gasteiger partial charge in [-0.1, -0.05) is 53.7 Å². The first-order valence-electron chi connectivity index (χ1n) is 13.1. The third-order valence-electron chi connectivity index (χ3n) is 11.2. The molecule has 4 heteroatoms. The highest BCUT2D eigenvalue weighted by atomic mass is 16.3. The van der Waals surface area contributed by atoms with Gasteiger partial charge in [0.1, 0.15) is 5.78 Å². The van der Waals surface area contributed by atoms with Gasteiger partial charge in [-0.25, -0.2) is 0 Å². The molecule has 0 radical (unpaired) electrons. The van der Waals surface area contributed by atoms with E-state index in [1.54, 1.807) is 0 Å². The summed E-state index contributed by atoms with van der Waals surface area (Å²) in [4.78, 5) is 13.2. The lowest BCUT2D eigenvalue weighted by Crippen LogP contribution is -2.67. The van der Waals surface area contributed by atoms with Crippen LogP contribution in [0.1, 0.15) is 92.9 Å². The van der Waals surface area contributed by atoms with Gasteiger partial charge >= 0.3 is 0 Å². The maximum absolute atomic E-state index is 13.2. The monoisotopic (exact) mass is 446 g/mol. The summed E-state index contributed by atoms with van der Waals surface area (Å²) in [5, 5.41) is 34.0. The molecule has 3 fully saturated rings. The summed E-state index contributed by atoms with van der Waals surface area (Å²) < 4.78 is 0. The fourth-order valence-corrected chi connectivity index (χ4v) is 8.54. The molecule has 4 rings (SSSR count). The maximum Gasteiger partial charge on any atom is 0.136 e. The number of Topliss-reactive ketones (excluding diaryl/α,β-unsaturated/α-hetero) is 1. The minimum atomic E-state index is -1.05.